The molecule has 0 unspecified atom stereocenters. The summed E-state index contributed by atoms with van der Waals surface area (Å²) in [6, 6.07) is 17.2. The number of nitrogens with zero attached hydrogens (tertiary/aromatic N) is 1. The third-order valence-electron chi connectivity index (χ3n) is 5.09. The van der Waals surface area contributed by atoms with E-state index in [1.165, 1.54) is 12.0 Å². The summed E-state index contributed by atoms with van der Waals surface area (Å²) in [5.41, 5.74) is 1.75. The molecule has 1 aliphatic rings. The van der Waals surface area contributed by atoms with Crippen LogP contribution in [-0.4, -0.2) is 48.6 Å². The molecular formula is C23H26N2O5. The Labute approximate surface area is 176 Å². The molecule has 1 saturated heterocycles. The molecule has 1 fully saturated rings. The van der Waals surface area contributed by atoms with E-state index in [0.717, 1.165) is 11.1 Å². The zero-order chi connectivity index (χ0) is 21.3. The summed E-state index contributed by atoms with van der Waals surface area (Å²) in [5.74, 6) is -0.755. The van der Waals surface area contributed by atoms with Gasteiger partial charge in [-0.15, -0.1) is 0 Å². The summed E-state index contributed by atoms with van der Waals surface area (Å²) in [6.07, 6.45) is 0.878. The number of methoxy groups -OCH3 is 1. The molecule has 1 aliphatic heterocycles. The molecule has 2 aromatic carbocycles. The number of rotatable bonds is 7. The number of hydrogen-bond acceptors (Lipinski definition) is 5. The molecule has 0 aromatic heterocycles. The standard InChI is InChI=1S/C23H26N2O5/c1-29-22(27)20-13-8-14-25(20)21(26)19(15-17-9-4-2-5-10-17)24-23(28)30-16-18-11-6-3-7-12-18/h2-7,9-12,19-20H,8,13-16H2,1H3,(H,24,28)/t19-,20-/m0/s1. The van der Waals surface area contributed by atoms with E-state index < -0.39 is 24.1 Å². The monoisotopic (exact) mass is 410 g/mol. The Morgan fingerprint density at radius 2 is 1.67 bits per heavy atom. The smallest absolute Gasteiger partial charge is 0.408 e. The molecule has 30 heavy (non-hydrogen) atoms. The molecule has 158 valence electrons. The van der Waals surface area contributed by atoms with Crippen molar-refractivity contribution in [3.05, 3.63) is 71.8 Å². The van der Waals surface area contributed by atoms with Gasteiger partial charge in [0.15, 0.2) is 0 Å². The van der Waals surface area contributed by atoms with Gasteiger partial charge in [0.05, 0.1) is 7.11 Å². The summed E-state index contributed by atoms with van der Waals surface area (Å²) in [4.78, 5) is 39.2. The highest BCUT2D eigenvalue weighted by Crippen LogP contribution is 2.20. The molecule has 0 bridgehead atoms. The number of carbonyl (C=O) groups is 3. The van der Waals surface area contributed by atoms with Crippen LogP contribution < -0.4 is 5.32 Å². The highest BCUT2D eigenvalue weighted by Gasteiger charge is 2.38. The fourth-order valence-electron chi connectivity index (χ4n) is 3.57. The number of nitrogens with one attached hydrogen (secondary N) is 1. The normalized spacial score (nSPS) is 16.6. The van der Waals surface area contributed by atoms with Crippen LogP contribution in [0.1, 0.15) is 24.0 Å². The van der Waals surface area contributed by atoms with Gasteiger partial charge in [-0.05, 0) is 24.0 Å². The number of esters is 1. The Kier molecular flexibility index (Phi) is 7.43. The van der Waals surface area contributed by atoms with Gasteiger partial charge in [-0.25, -0.2) is 9.59 Å². The van der Waals surface area contributed by atoms with Gasteiger partial charge in [0.25, 0.3) is 0 Å². The summed E-state index contributed by atoms with van der Waals surface area (Å²) >= 11 is 0. The number of carbonyl (C=O) groups excluding carboxylic acids is 3. The third-order valence-corrected chi connectivity index (χ3v) is 5.09. The number of ether oxygens (including phenoxy) is 2. The molecular weight excluding hydrogens is 384 g/mol. The minimum Gasteiger partial charge on any atom is -0.467 e. The molecule has 2 aromatic rings. The maximum absolute atomic E-state index is 13.2. The molecule has 2 atom stereocenters. The van der Waals surface area contributed by atoms with Crippen molar-refractivity contribution in [2.45, 2.75) is 38.0 Å². The van der Waals surface area contributed by atoms with Crippen molar-refractivity contribution in [2.24, 2.45) is 0 Å². The first-order valence-electron chi connectivity index (χ1n) is 9.98. The van der Waals surface area contributed by atoms with Crippen molar-refractivity contribution in [3.8, 4) is 0 Å². The lowest BCUT2D eigenvalue weighted by molar-refractivity contribution is -0.151. The Morgan fingerprint density at radius 3 is 2.30 bits per heavy atom. The summed E-state index contributed by atoms with van der Waals surface area (Å²) in [6.45, 7) is 0.554. The SMILES string of the molecule is COC(=O)[C@@H]1CCCN1C(=O)[C@H](Cc1ccccc1)NC(=O)OCc1ccccc1. The van der Waals surface area contributed by atoms with Gasteiger partial charge in [0.1, 0.15) is 18.7 Å². The number of hydrogen-bond donors (Lipinski definition) is 1. The van der Waals surface area contributed by atoms with E-state index in [-0.39, 0.29) is 12.5 Å². The van der Waals surface area contributed by atoms with Crippen LogP contribution in [0.25, 0.3) is 0 Å². The molecule has 7 nitrogen and oxygen atoms in total. The quantitative estimate of drug-likeness (QED) is 0.710. The van der Waals surface area contributed by atoms with Crippen molar-refractivity contribution in [1.82, 2.24) is 10.2 Å². The van der Waals surface area contributed by atoms with Crippen LogP contribution in [-0.2, 0) is 32.1 Å². The molecule has 2 amide bonds. The van der Waals surface area contributed by atoms with Gasteiger partial charge in [0.2, 0.25) is 5.91 Å². The van der Waals surface area contributed by atoms with Crippen LogP contribution in [0.5, 0.6) is 0 Å². The molecule has 7 heteroatoms. The topological polar surface area (TPSA) is 84.9 Å². The lowest BCUT2D eigenvalue weighted by Crippen LogP contribution is -2.52. The predicted octanol–water partition coefficient (Wildman–Crippen LogP) is 2.69. The molecule has 0 spiro atoms. The highest BCUT2D eigenvalue weighted by atomic mass is 16.5. The van der Waals surface area contributed by atoms with Gasteiger partial charge < -0.3 is 19.7 Å². The van der Waals surface area contributed by atoms with E-state index in [2.05, 4.69) is 5.32 Å². The summed E-state index contributed by atoms with van der Waals surface area (Å²) < 4.78 is 10.1. The third kappa shape index (κ3) is 5.59. The molecule has 1 heterocycles. The number of alkyl carbamates (subject to hydrolysis) is 1. The lowest BCUT2D eigenvalue weighted by Gasteiger charge is -2.28. The molecule has 0 radical (unpaired) electrons. The zero-order valence-corrected chi connectivity index (χ0v) is 17.0. The van der Waals surface area contributed by atoms with Crippen molar-refractivity contribution < 1.29 is 23.9 Å². The second-order valence-corrected chi connectivity index (χ2v) is 7.16. The van der Waals surface area contributed by atoms with E-state index >= 15 is 0 Å². The second-order valence-electron chi connectivity index (χ2n) is 7.16. The van der Waals surface area contributed by atoms with Gasteiger partial charge in [-0.2, -0.15) is 0 Å². The van der Waals surface area contributed by atoms with Gasteiger partial charge in [-0.1, -0.05) is 60.7 Å². The number of benzene rings is 2. The van der Waals surface area contributed by atoms with Crippen molar-refractivity contribution in [2.75, 3.05) is 13.7 Å². The first-order chi connectivity index (χ1) is 14.6. The van der Waals surface area contributed by atoms with E-state index in [1.54, 1.807) is 0 Å². The largest absolute Gasteiger partial charge is 0.467 e. The fraction of sp³-hybridized carbons (Fsp3) is 0.348. The van der Waals surface area contributed by atoms with E-state index in [4.69, 9.17) is 9.47 Å². The Bertz CT molecular complexity index is 856. The Balaban J connectivity index is 1.70. The number of likely N-dealkylation sites (tertiary alicyclic amines) is 1. The average Bonchev–Trinajstić information content (AvgIpc) is 3.27. The van der Waals surface area contributed by atoms with Crippen LogP contribution >= 0.6 is 0 Å². The molecule has 0 saturated carbocycles. The summed E-state index contributed by atoms with van der Waals surface area (Å²) in [5, 5.41) is 2.69. The van der Waals surface area contributed by atoms with E-state index in [9.17, 15) is 14.4 Å². The van der Waals surface area contributed by atoms with Crippen LogP contribution in [0, 0.1) is 0 Å². The van der Waals surface area contributed by atoms with Crippen LogP contribution in [0.15, 0.2) is 60.7 Å². The highest BCUT2D eigenvalue weighted by molar-refractivity contribution is 5.90. The first kappa shape index (κ1) is 21.4. The minimum absolute atomic E-state index is 0.105. The maximum atomic E-state index is 13.2. The molecule has 0 aliphatic carbocycles. The van der Waals surface area contributed by atoms with Crippen molar-refractivity contribution in [3.63, 3.8) is 0 Å². The Morgan fingerprint density at radius 1 is 1.03 bits per heavy atom. The van der Waals surface area contributed by atoms with Crippen LogP contribution in [0.2, 0.25) is 0 Å². The summed E-state index contributed by atoms with van der Waals surface area (Å²) in [7, 11) is 1.31. The van der Waals surface area contributed by atoms with Gasteiger partial charge in [0, 0.05) is 13.0 Å². The Hall–Kier alpha value is -3.35. The van der Waals surface area contributed by atoms with Crippen LogP contribution in [0.3, 0.4) is 0 Å². The fourth-order valence-corrected chi connectivity index (χ4v) is 3.57. The second kappa shape index (κ2) is 10.4. The van der Waals surface area contributed by atoms with Crippen molar-refractivity contribution >= 4 is 18.0 Å². The maximum Gasteiger partial charge on any atom is 0.408 e. The first-order valence-corrected chi connectivity index (χ1v) is 9.98. The number of amides is 2. The van der Waals surface area contributed by atoms with E-state index in [0.29, 0.717) is 25.8 Å². The predicted molar refractivity (Wildman–Crippen MR) is 110 cm³/mol. The minimum atomic E-state index is -0.846. The van der Waals surface area contributed by atoms with Gasteiger partial charge in [-0.3, -0.25) is 4.79 Å². The van der Waals surface area contributed by atoms with Gasteiger partial charge >= 0.3 is 12.1 Å². The molecule has 3 rings (SSSR count). The van der Waals surface area contributed by atoms with Crippen molar-refractivity contribution in [1.29, 1.82) is 0 Å². The van der Waals surface area contributed by atoms with E-state index in [1.807, 2.05) is 60.7 Å². The zero-order valence-electron chi connectivity index (χ0n) is 17.0. The van der Waals surface area contributed by atoms with Crippen LogP contribution in [0.4, 0.5) is 4.79 Å². The molecule has 1 N–H and O–H groups in total. The average molecular weight is 410 g/mol. The lowest BCUT2D eigenvalue weighted by atomic mass is 10.0.